The van der Waals surface area contributed by atoms with Gasteiger partial charge in [0.1, 0.15) is 5.52 Å². The molecule has 1 amide bonds. The van der Waals surface area contributed by atoms with Crippen LogP contribution < -0.4 is 5.32 Å². The lowest BCUT2D eigenvalue weighted by molar-refractivity contribution is 0.0996. The zero-order valence-electron chi connectivity index (χ0n) is 18.7. The van der Waals surface area contributed by atoms with Crippen LogP contribution in [0.5, 0.6) is 0 Å². The molecule has 2 unspecified atom stereocenters. The quantitative estimate of drug-likeness (QED) is 0.355. The molecule has 1 saturated carbocycles. The minimum absolute atomic E-state index is 0.183. The van der Waals surface area contributed by atoms with E-state index in [-0.39, 0.29) is 17.8 Å². The Morgan fingerprint density at radius 3 is 2.66 bits per heavy atom. The van der Waals surface area contributed by atoms with E-state index in [2.05, 4.69) is 32.6 Å². The summed E-state index contributed by atoms with van der Waals surface area (Å²) in [5.41, 5.74) is 4.40. The number of carbonyl (C=O) groups is 1. The number of aromatic nitrogens is 3. The van der Waals surface area contributed by atoms with Crippen LogP contribution >= 0.6 is 0 Å². The highest BCUT2D eigenvalue weighted by Gasteiger charge is 2.24. The molecule has 8 nitrogen and oxygen atoms in total. The molecule has 174 valence electrons. The number of hydrogen-bond acceptors (Lipinski definition) is 7. The normalized spacial score (nSPS) is 17.6. The van der Waals surface area contributed by atoms with Crippen molar-refractivity contribution < 1.29 is 18.8 Å². The van der Waals surface area contributed by atoms with E-state index >= 15 is 0 Å². The highest BCUT2D eigenvalue weighted by molar-refractivity contribution is 6.01. The van der Waals surface area contributed by atoms with Crippen LogP contribution in [0, 0.1) is 0 Å². The lowest BCUT2D eigenvalue weighted by atomic mass is 9.95. The SMILES string of the molecule is O=C(Nc1nccc(-c2ccc3noc(-c4ccc(C5CCC(O)C5)cc4)c3c2)n1)c1ccco1. The largest absolute Gasteiger partial charge is 0.459 e. The number of nitrogens with one attached hydrogen (secondary N) is 1. The topological polar surface area (TPSA) is 114 Å². The fourth-order valence-electron chi connectivity index (χ4n) is 4.63. The van der Waals surface area contributed by atoms with E-state index in [0.717, 1.165) is 41.3 Å². The molecule has 0 bridgehead atoms. The van der Waals surface area contributed by atoms with Gasteiger partial charge < -0.3 is 14.0 Å². The van der Waals surface area contributed by atoms with Crippen molar-refractivity contribution in [2.75, 3.05) is 5.32 Å². The minimum atomic E-state index is -0.417. The zero-order valence-corrected chi connectivity index (χ0v) is 18.7. The Kier molecular flexibility index (Phi) is 5.35. The van der Waals surface area contributed by atoms with Crippen LogP contribution in [0.4, 0.5) is 5.95 Å². The molecule has 2 N–H and O–H groups in total. The molecule has 2 atom stereocenters. The average Bonchev–Trinajstić information content (AvgIpc) is 3.65. The van der Waals surface area contributed by atoms with Crippen molar-refractivity contribution in [3.05, 3.63) is 84.4 Å². The first kappa shape index (κ1) is 21.2. The molecule has 3 heterocycles. The van der Waals surface area contributed by atoms with Gasteiger partial charge in [-0.1, -0.05) is 35.5 Å². The van der Waals surface area contributed by atoms with Crippen LogP contribution in [-0.4, -0.2) is 32.2 Å². The molecule has 1 aliphatic carbocycles. The molecule has 2 aromatic carbocycles. The third kappa shape index (κ3) is 4.20. The monoisotopic (exact) mass is 466 g/mol. The third-order valence-electron chi connectivity index (χ3n) is 6.45. The van der Waals surface area contributed by atoms with Crippen LogP contribution in [0.25, 0.3) is 33.5 Å². The molecule has 1 aliphatic rings. The Labute approximate surface area is 200 Å². The highest BCUT2D eigenvalue weighted by Crippen LogP contribution is 2.37. The van der Waals surface area contributed by atoms with Gasteiger partial charge >= 0.3 is 0 Å². The highest BCUT2D eigenvalue weighted by atomic mass is 16.5. The molecule has 3 aromatic heterocycles. The summed E-state index contributed by atoms with van der Waals surface area (Å²) < 4.78 is 10.8. The summed E-state index contributed by atoms with van der Waals surface area (Å²) in [6, 6.07) is 19.1. The van der Waals surface area contributed by atoms with Crippen LogP contribution in [0.15, 0.2) is 82.1 Å². The van der Waals surface area contributed by atoms with E-state index in [1.165, 1.54) is 11.8 Å². The van der Waals surface area contributed by atoms with Crippen LogP contribution in [0.1, 0.15) is 41.3 Å². The maximum atomic E-state index is 12.3. The Morgan fingerprint density at radius 1 is 1.03 bits per heavy atom. The second-order valence-electron chi connectivity index (χ2n) is 8.73. The maximum absolute atomic E-state index is 12.3. The summed E-state index contributed by atoms with van der Waals surface area (Å²) in [7, 11) is 0. The smallest absolute Gasteiger partial charge is 0.293 e. The Morgan fingerprint density at radius 2 is 1.89 bits per heavy atom. The first-order chi connectivity index (χ1) is 17.1. The van der Waals surface area contributed by atoms with Gasteiger partial charge in [-0.25, -0.2) is 9.97 Å². The minimum Gasteiger partial charge on any atom is -0.459 e. The van der Waals surface area contributed by atoms with Gasteiger partial charge in [-0.15, -0.1) is 0 Å². The van der Waals surface area contributed by atoms with Gasteiger partial charge in [0.05, 0.1) is 23.4 Å². The molecular formula is C27H22N4O4. The lowest BCUT2D eigenvalue weighted by Gasteiger charge is -2.10. The lowest BCUT2D eigenvalue weighted by Crippen LogP contribution is -2.13. The predicted octanol–water partition coefficient (Wildman–Crippen LogP) is 5.43. The molecular weight excluding hydrogens is 444 g/mol. The van der Waals surface area contributed by atoms with Gasteiger partial charge in [-0.05, 0) is 61.1 Å². The summed E-state index contributed by atoms with van der Waals surface area (Å²) >= 11 is 0. The predicted molar refractivity (Wildman–Crippen MR) is 130 cm³/mol. The van der Waals surface area contributed by atoms with Gasteiger partial charge in [0, 0.05) is 17.3 Å². The van der Waals surface area contributed by atoms with Crippen molar-refractivity contribution in [2.45, 2.75) is 31.3 Å². The number of aliphatic hydroxyl groups is 1. The number of anilines is 1. The summed E-state index contributed by atoms with van der Waals surface area (Å²) in [6.45, 7) is 0. The van der Waals surface area contributed by atoms with Crippen LogP contribution in [-0.2, 0) is 0 Å². The molecule has 5 aromatic rings. The number of rotatable bonds is 5. The fraction of sp³-hybridized carbons (Fsp3) is 0.185. The molecule has 0 radical (unpaired) electrons. The van der Waals surface area contributed by atoms with Gasteiger partial charge in [-0.3, -0.25) is 10.1 Å². The number of amides is 1. The standard InChI is InChI=1S/C27H22N4O4/c32-20-9-7-18(14-20)16-3-5-17(6-4-16)25-21-15-19(8-10-23(21)31-35-25)22-11-12-28-27(29-22)30-26(33)24-2-1-13-34-24/h1-6,8,10-13,15,18,20,32H,7,9,14H2,(H,28,29,30,33). The number of benzene rings is 2. The number of furan rings is 1. The summed E-state index contributed by atoms with van der Waals surface area (Å²) in [6.07, 6.45) is 5.52. The molecule has 0 spiro atoms. The number of hydrogen-bond donors (Lipinski definition) is 2. The van der Waals surface area contributed by atoms with Crippen molar-refractivity contribution >= 4 is 22.8 Å². The van der Waals surface area contributed by atoms with Gasteiger partial charge in [0.2, 0.25) is 5.95 Å². The number of carbonyl (C=O) groups excluding carboxylic acids is 1. The Bertz CT molecular complexity index is 1490. The van der Waals surface area contributed by atoms with Crippen LogP contribution in [0.2, 0.25) is 0 Å². The van der Waals surface area contributed by atoms with Gasteiger partial charge in [-0.2, -0.15) is 0 Å². The molecule has 6 rings (SSSR count). The average molecular weight is 466 g/mol. The summed E-state index contributed by atoms with van der Waals surface area (Å²) in [5, 5.41) is 17.6. The Balaban J connectivity index is 1.28. The molecule has 0 saturated heterocycles. The van der Waals surface area contributed by atoms with Crippen molar-refractivity contribution in [3.63, 3.8) is 0 Å². The molecule has 35 heavy (non-hydrogen) atoms. The van der Waals surface area contributed by atoms with E-state index in [9.17, 15) is 9.90 Å². The van der Waals surface area contributed by atoms with Gasteiger partial charge in [0.25, 0.3) is 5.91 Å². The van der Waals surface area contributed by atoms with E-state index in [4.69, 9.17) is 8.94 Å². The third-order valence-corrected chi connectivity index (χ3v) is 6.45. The molecule has 1 fully saturated rings. The van der Waals surface area contributed by atoms with Gasteiger partial charge in [0.15, 0.2) is 11.5 Å². The fourth-order valence-corrected chi connectivity index (χ4v) is 4.63. The second kappa shape index (κ2) is 8.81. The molecule has 8 heteroatoms. The Hall–Kier alpha value is -4.30. The van der Waals surface area contributed by atoms with Crippen molar-refractivity contribution in [1.29, 1.82) is 0 Å². The summed E-state index contributed by atoms with van der Waals surface area (Å²) in [4.78, 5) is 20.9. The van der Waals surface area contributed by atoms with E-state index in [1.807, 2.05) is 30.3 Å². The van der Waals surface area contributed by atoms with E-state index in [0.29, 0.717) is 17.4 Å². The first-order valence-electron chi connectivity index (χ1n) is 11.5. The number of aliphatic hydroxyl groups excluding tert-OH is 1. The number of nitrogens with zero attached hydrogens (tertiary/aromatic N) is 3. The van der Waals surface area contributed by atoms with Crippen molar-refractivity contribution in [2.24, 2.45) is 0 Å². The number of fused-ring (bicyclic) bond motifs is 1. The summed E-state index contributed by atoms with van der Waals surface area (Å²) in [5.74, 6) is 1.03. The molecule has 0 aliphatic heterocycles. The van der Waals surface area contributed by atoms with Crippen molar-refractivity contribution in [3.8, 4) is 22.6 Å². The van der Waals surface area contributed by atoms with E-state index in [1.54, 1.807) is 24.4 Å². The zero-order chi connectivity index (χ0) is 23.8. The second-order valence-corrected chi connectivity index (χ2v) is 8.73. The van der Waals surface area contributed by atoms with Crippen LogP contribution in [0.3, 0.4) is 0 Å². The maximum Gasteiger partial charge on any atom is 0.293 e. The van der Waals surface area contributed by atoms with E-state index < -0.39 is 5.91 Å². The first-order valence-corrected chi connectivity index (χ1v) is 11.5. The van der Waals surface area contributed by atoms with Crippen molar-refractivity contribution in [1.82, 2.24) is 15.1 Å².